The van der Waals surface area contributed by atoms with E-state index in [-0.39, 0.29) is 6.04 Å². The molecule has 1 heterocycles. The highest BCUT2D eigenvalue weighted by atomic mass is 16.5. The lowest BCUT2D eigenvalue weighted by Crippen LogP contribution is -2.40. The third-order valence-electron chi connectivity index (χ3n) is 4.27. The third kappa shape index (κ3) is 4.43. The summed E-state index contributed by atoms with van der Waals surface area (Å²) in [5.41, 5.74) is 7.30. The Labute approximate surface area is 128 Å². The van der Waals surface area contributed by atoms with Crippen LogP contribution in [0.1, 0.15) is 31.4 Å². The van der Waals surface area contributed by atoms with Crippen molar-refractivity contribution in [3.05, 3.63) is 29.8 Å². The smallest absolute Gasteiger partial charge is 0.119 e. The van der Waals surface area contributed by atoms with Crippen LogP contribution < -0.4 is 10.5 Å². The highest BCUT2D eigenvalue weighted by Crippen LogP contribution is 2.28. The zero-order chi connectivity index (χ0) is 15.1. The van der Waals surface area contributed by atoms with E-state index >= 15 is 0 Å². The number of rotatable bonds is 7. The summed E-state index contributed by atoms with van der Waals surface area (Å²) in [7, 11) is 1.79. The first-order valence-electron chi connectivity index (χ1n) is 7.94. The minimum Gasteiger partial charge on any atom is -0.494 e. The van der Waals surface area contributed by atoms with Crippen molar-refractivity contribution in [1.29, 1.82) is 0 Å². The number of likely N-dealkylation sites (tertiary alicyclic amines) is 1. The number of piperidine rings is 1. The van der Waals surface area contributed by atoms with Gasteiger partial charge in [-0.05, 0) is 56.5 Å². The molecule has 1 saturated heterocycles. The Morgan fingerprint density at radius 3 is 2.71 bits per heavy atom. The van der Waals surface area contributed by atoms with Crippen LogP contribution in [-0.4, -0.2) is 44.9 Å². The van der Waals surface area contributed by atoms with Crippen molar-refractivity contribution in [2.45, 2.75) is 25.8 Å². The first-order chi connectivity index (χ1) is 10.3. The van der Waals surface area contributed by atoms with Gasteiger partial charge in [-0.15, -0.1) is 0 Å². The Morgan fingerprint density at radius 2 is 2.10 bits per heavy atom. The number of hydrogen-bond donors (Lipinski definition) is 1. The zero-order valence-corrected chi connectivity index (χ0v) is 13.3. The van der Waals surface area contributed by atoms with E-state index in [0.717, 1.165) is 25.4 Å². The lowest BCUT2D eigenvalue weighted by molar-refractivity contribution is 0.0810. The van der Waals surface area contributed by atoms with E-state index in [0.29, 0.717) is 19.1 Å². The van der Waals surface area contributed by atoms with E-state index in [1.54, 1.807) is 7.11 Å². The normalized spacial score (nSPS) is 18.6. The number of nitrogens with zero attached hydrogens (tertiary/aromatic N) is 1. The van der Waals surface area contributed by atoms with Crippen LogP contribution in [0.3, 0.4) is 0 Å². The second-order valence-electron chi connectivity index (χ2n) is 5.69. The van der Waals surface area contributed by atoms with E-state index in [9.17, 15) is 0 Å². The van der Waals surface area contributed by atoms with Crippen LogP contribution in [0.2, 0.25) is 0 Å². The van der Waals surface area contributed by atoms with Crippen molar-refractivity contribution in [2.75, 3.05) is 40.0 Å². The molecule has 0 aromatic heterocycles. The van der Waals surface area contributed by atoms with Crippen molar-refractivity contribution in [3.8, 4) is 5.75 Å². The van der Waals surface area contributed by atoms with E-state index in [1.165, 1.54) is 18.4 Å². The molecule has 1 fully saturated rings. The third-order valence-corrected chi connectivity index (χ3v) is 4.27. The van der Waals surface area contributed by atoms with Crippen molar-refractivity contribution in [1.82, 2.24) is 4.90 Å². The molecule has 1 aromatic carbocycles. The second-order valence-corrected chi connectivity index (χ2v) is 5.69. The van der Waals surface area contributed by atoms with Crippen LogP contribution in [0.15, 0.2) is 24.3 Å². The molecule has 4 nitrogen and oxygen atoms in total. The number of methoxy groups -OCH3 is 1. The highest BCUT2D eigenvalue weighted by Gasteiger charge is 2.25. The molecule has 2 N–H and O–H groups in total. The van der Waals surface area contributed by atoms with Gasteiger partial charge in [0.1, 0.15) is 5.75 Å². The maximum Gasteiger partial charge on any atom is 0.119 e. The predicted molar refractivity (Wildman–Crippen MR) is 85.6 cm³/mol. The summed E-state index contributed by atoms with van der Waals surface area (Å²) in [6, 6.07) is 8.63. The number of hydrogen-bond acceptors (Lipinski definition) is 4. The Balaban J connectivity index is 2.01. The van der Waals surface area contributed by atoms with Gasteiger partial charge in [-0.1, -0.05) is 12.1 Å². The molecule has 1 aliphatic heterocycles. The average molecular weight is 292 g/mol. The van der Waals surface area contributed by atoms with Crippen molar-refractivity contribution < 1.29 is 9.47 Å². The fourth-order valence-electron chi connectivity index (χ4n) is 3.14. The van der Waals surface area contributed by atoms with Crippen LogP contribution in [0, 0.1) is 5.92 Å². The van der Waals surface area contributed by atoms with Crippen molar-refractivity contribution in [3.63, 3.8) is 0 Å². The van der Waals surface area contributed by atoms with Gasteiger partial charge in [0, 0.05) is 26.3 Å². The quantitative estimate of drug-likeness (QED) is 0.838. The average Bonchev–Trinajstić information content (AvgIpc) is 2.51. The lowest BCUT2D eigenvalue weighted by atomic mass is 9.95. The molecular formula is C17H28N2O2. The maximum atomic E-state index is 6.05. The molecule has 1 atom stereocenters. The van der Waals surface area contributed by atoms with Gasteiger partial charge in [0.05, 0.1) is 6.61 Å². The van der Waals surface area contributed by atoms with Gasteiger partial charge in [-0.2, -0.15) is 0 Å². The van der Waals surface area contributed by atoms with Gasteiger partial charge < -0.3 is 15.2 Å². The standard InChI is InChI=1S/C17H28N2O2/c1-3-21-16-6-4-5-15(11-16)17(12-18)19-9-7-14(8-10-19)13-20-2/h4-6,11,14,17H,3,7-10,12-13,18H2,1-2H3. The summed E-state index contributed by atoms with van der Waals surface area (Å²) in [5, 5.41) is 0. The molecule has 118 valence electrons. The fourth-order valence-corrected chi connectivity index (χ4v) is 3.14. The summed E-state index contributed by atoms with van der Waals surface area (Å²) in [6.45, 7) is 6.40. The van der Waals surface area contributed by atoms with E-state index in [2.05, 4.69) is 23.1 Å². The zero-order valence-electron chi connectivity index (χ0n) is 13.3. The summed E-state index contributed by atoms with van der Waals surface area (Å²) >= 11 is 0. The molecule has 0 aliphatic carbocycles. The molecule has 0 bridgehead atoms. The molecule has 0 radical (unpaired) electrons. The molecular weight excluding hydrogens is 264 g/mol. The number of nitrogens with two attached hydrogens (primary N) is 1. The monoisotopic (exact) mass is 292 g/mol. The van der Waals surface area contributed by atoms with Crippen molar-refractivity contribution >= 4 is 0 Å². The summed E-state index contributed by atoms with van der Waals surface area (Å²) in [4.78, 5) is 2.50. The van der Waals surface area contributed by atoms with Crippen LogP contribution in [0.25, 0.3) is 0 Å². The molecule has 0 spiro atoms. The minimum absolute atomic E-state index is 0.286. The minimum atomic E-state index is 0.286. The van der Waals surface area contributed by atoms with Crippen molar-refractivity contribution in [2.24, 2.45) is 11.7 Å². The fraction of sp³-hybridized carbons (Fsp3) is 0.647. The lowest BCUT2D eigenvalue weighted by Gasteiger charge is -2.37. The molecule has 0 saturated carbocycles. The summed E-state index contributed by atoms with van der Waals surface area (Å²) in [6.07, 6.45) is 2.38. The Bertz CT molecular complexity index is 417. The molecule has 1 aliphatic rings. The highest BCUT2D eigenvalue weighted by molar-refractivity contribution is 5.31. The van der Waals surface area contributed by atoms with Crippen LogP contribution in [-0.2, 0) is 4.74 Å². The molecule has 1 unspecified atom stereocenters. The van der Waals surface area contributed by atoms with Crippen LogP contribution >= 0.6 is 0 Å². The first-order valence-corrected chi connectivity index (χ1v) is 7.94. The topological polar surface area (TPSA) is 47.7 Å². The molecule has 4 heteroatoms. The second kappa shape index (κ2) is 8.37. The van der Waals surface area contributed by atoms with Gasteiger partial charge >= 0.3 is 0 Å². The number of ether oxygens (including phenoxy) is 2. The van der Waals surface area contributed by atoms with Gasteiger partial charge in [-0.25, -0.2) is 0 Å². The summed E-state index contributed by atoms with van der Waals surface area (Å²) in [5.74, 6) is 1.63. The summed E-state index contributed by atoms with van der Waals surface area (Å²) < 4.78 is 10.9. The Hall–Kier alpha value is -1.10. The molecule has 21 heavy (non-hydrogen) atoms. The van der Waals surface area contributed by atoms with Gasteiger partial charge in [0.15, 0.2) is 0 Å². The van der Waals surface area contributed by atoms with E-state index in [1.807, 2.05) is 13.0 Å². The Morgan fingerprint density at radius 1 is 1.33 bits per heavy atom. The molecule has 1 aromatic rings. The SMILES string of the molecule is CCOc1cccc(C(CN)N2CCC(COC)CC2)c1. The first kappa shape index (κ1) is 16.3. The molecule has 2 rings (SSSR count). The Kier molecular flexibility index (Phi) is 6.49. The maximum absolute atomic E-state index is 6.05. The van der Waals surface area contributed by atoms with E-state index < -0.39 is 0 Å². The molecule has 0 amide bonds. The predicted octanol–water partition coefficient (Wildman–Crippen LogP) is 2.44. The van der Waals surface area contributed by atoms with Crippen LogP contribution in [0.5, 0.6) is 5.75 Å². The van der Waals surface area contributed by atoms with Gasteiger partial charge in [0.25, 0.3) is 0 Å². The van der Waals surface area contributed by atoms with E-state index in [4.69, 9.17) is 15.2 Å². The van der Waals surface area contributed by atoms with Gasteiger partial charge in [-0.3, -0.25) is 4.90 Å². The largest absolute Gasteiger partial charge is 0.494 e. The van der Waals surface area contributed by atoms with Crippen LogP contribution in [0.4, 0.5) is 0 Å². The van der Waals surface area contributed by atoms with Gasteiger partial charge in [0.2, 0.25) is 0 Å². The number of benzene rings is 1.